The van der Waals surface area contributed by atoms with E-state index in [0.29, 0.717) is 6.42 Å². The molecule has 3 aromatic carbocycles. The fraction of sp³-hybridized carbons (Fsp3) is 0.526. The summed E-state index contributed by atoms with van der Waals surface area (Å²) in [4.78, 5) is 0. The quantitative estimate of drug-likeness (QED) is 0.163. The predicted octanol–water partition coefficient (Wildman–Crippen LogP) is 11.5. The number of aryl methyl sites for hydroxylation is 3. The molecule has 0 amide bonds. The zero-order chi connectivity index (χ0) is 27.1. The highest BCUT2D eigenvalue weighted by molar-refractivity contribution is 5.64. The SMILES string of the molecule is CCCCCC[C@H]1CC[C@H](c2ccc(CCc3ccc(-c4ccc(CCCCCCF)cc4)cc3)cc2)CC1. The van der Waals surface area contributed by atoms with Gasteiger partial charge in [0.2, 0.25) is 0 Å². The van der Waals surface area contributed by atoms with E-state index in [2.05, 4.69) is 79.7 Å². The number of halogens is 1. The van der Waals surface area contributed by atoms with Crippen LogP contribution in [0.1, 0.15) is 119 Å². The highest BCUT2D eigenvalue weighted by Gasteiger charge is 2.22. The number of benzene rings is 3. The van der Waals surface area contributed by atoms with Crippen molar-refractivity contribution < 1.29 is 4.39 Å². The number of alkyl halides is 1. The molecule has 0 N–H and O–H groups in total. The van der Waals surface area contributed by atoms with Crippen LogP contribution in [0.3, 0.4) is 0 Å². The Labute approximate surface area is 238 Å². The second-order valence-corrected chi connectivity index (χ2v) is 12.1. The number of unbranched alkanes of at least 4 members (excludes halogenated alkanes) is 6. The second-order valence-electron chi connectivity index (χ2n) is 12.1. The zero-order valence-corrected chi connectivity index (χ0v) is 24.5. The van der Waals surface area contributed by atoms with Crippen LogP contribution in [0.25, 0.3) is 11.1 Å². The first kappa shape index (κ1) is 29.6. The van der Waals surface area contributed by atoms with Gasteiger partial charge in [0.05, 0.1) is 6.67 Å². The monoisotopic (exact) mass is 526 g/mol. The summed E-state index contributed by atoms with van der Waals surface area (Å²) in [7, 11) is 0. The largest absolute Gasteiger partial charge is 0.251 e. The van der Waals surface area contributed by atoms with Crippen molar-refractivity contribution in [2.24, 2.45) is 5.92 Å². The fourth-order valence-corrected chi connectivity index (χ4v) is 6.39. The van der Waals surface area contributed by atoms with Gasteiger partial charge in [-0.2, -0.15) is 0 Å². The Hall–Kier alpha value is -2.41. The number of rotatable bonds is 16. The van der Waals surface area contributed by atoms with Gasteiger partial charge >= 0.3 is 0 Å². The summed E-state index contributed by atoms with van der Waals surface area (Å²) >= 11 is 0. The Balaban J connectivity index is 1.18. The summed E-state index contributed by atoms with van der Waals surface area (Å²) in [5.74, 6) is 1.76. The maximum absolute atomic E-state index is 12.2. The third-order valence-electron chi connectivity index (χ3n) is 9.06. The van der Waals surface area contributed by atoms with Crippen LogP contribution >= 0.6 is 0 Å². The maximum Gasteiger partial charge on any atom is 0.0894 e. The third kappa shape index (κ3) is 9.93. The molecule has 1 saturated carbocycles. The van der Waals surface area contributed by atoms with Crippen LogP contribution in [0.5, 0.6) is 0 Å². The van der Waals surface area contributed by atoms with Crippen molar-refractivity contribution in [2.45, 2.75) is 116 Å². The third-order valence-corrected chi connectivity index (χ3v) is 9.06. The molecule has 0 radical (unpaired) electrons. The van der Waals surface area contributed by atoms with Crippen LogP contribution in [0, 0.1) is 5.92 Å². The zero-order valence-electron chi connectivity index (χ0n) is 24.5. The predicted molar refractivity (Wildman–Crippen MR) is 167 cm³/mol. The highest BCUT2D eigenvalue weighted by Crippen LogP contribution is 2.38. The summed E-state index contributed by atoms with van der Waals surface area (Å²) in [6.45, 7) is 2.12. The van der Waals surface area contributed by atoms with Crippen molar-refractivity contribution >= 4 is 0 Å². The van der Waals surface area contributed by atoms with E-state index in [1.165, 1.54) is 85.6 Å². The van der Waals surface area contributed by atoms with Crippen molar-refractivity contribution in [3.8, 4) is 11.1 Å². The minimum atomic E-state index is -0.180. The molecule has 0 atom stereocenters. The Kier molecular flexibility index (Phi) is 12.6. The number of hydrogen-bond acceptors (Lipinski definition) is 0. The summed E-state index contributed by atoms with van der Waals surface area (Å²) in [5, 5.41) is 0. The van der Waals surface area contributed by atoms with Gasteiger partial charge in [-0.1, -0.05) is 125 Å². The van der Waals surface area contributed by atoms with E-state index in [1.54, 1.807) is 5.56 Å². The minimum Gasteiger partial charge on any atom is -0.251 e. The minimum absolute atomic E-state index is 0.180. The molecule has 0 unspecified atom stereocenters. The first-order valence-electron chi connectivity index (χ1n) is 16.1. The van der Waals surface area contributed by atoms with E-state index in [-0.39, 0.29) is 6.67 Å². The Bertz CT molecular complexity index is 1040. The lowest BCUT2D eigenvalue weighted by atomic mass is 9.77. The van der Waals surface area contributed by atoms with E-state index >= 15 is 0 Å². The van der Waals surface area contributed by atoms with E-state index in [0.717, 1.165) is 50.4 Å². The smallest absolute Gasteiger partial charge is 0.0894 e. The fourth-order valence-electron chi connectivity index (χ4n) is 6.39. The van der Waals surface area contributed by atoms with Gasteiger partial charge in [0.1, 0.15) is 0 Å². The van der Waals surface area contributed by atoms with Crippen molar-refractivity contribution in [2.75, 3.05) is 6.67 Å². The Morgan fingerprint density at radius 2 is 1.05 bits per heavy atom. The van der Waals surface area contributed by atoms with Crippen molar-refractivity contribution in [1.82, 2.24) is 0 Å². The molecule has 0 spiro atoms. The normalized spacial score (nSPS) is 17.4. The van der Waals surface area contributed by atoms with Crippen molar-refractivity contribution in [1.29, 1.82) is 0 Å². The molecule has 0 bridgehead atoms. The van der Waals surface area contributed by atoms with Crippen molar-refractivity contribution in [3.05, 3.63) is 95.1 Å². The first-order valence-corrected chi connectivity index (χ1v) is 16.1. The molecule has 1 fully saturated rings. The van der Waals surface area contributed by atoms with Gasteiger partial charge in [-0.05, 0) is 103 Å². The molecule has 4 rings (SSSR count). The Morgan fingerprint density at radius 1 is 0.538 bits per heavy atom. The van der Waals surface area contributed by atoms with Crippen LogP contribution in [0.15, 0.2) is 72.8 Å². The van der Waals surface area contributed by atoms with Gasteiger partial charge in [0, 0.05) is 0 Å². The summed E-state index contributed by atoms with van der Waals surface area (Å²) < 4.78 is 12.2. The summed E-state index contributed by atoms with van der Waals surface area (Å²) in [6.07, 6.45) is 20.0. The van der Waals surface area contributed by atoms with Crippen LogP contribution in [-0.4, -0.2) is 6.67 Å². The summed E-state index contributed by atoms with van der Waals surface area (Å²) in [5.41, 5.74) is 8.37. The van der Waals surface area contributed by atoms with Gasteiger partial charge in [-0.15, -0.1) is 0 Å². The molecular formula is C38H51F. The molecule has 0 saturated heterocycles. The van der Waals surface area contributed by atoms with Gasteiger partial charge in [0.25, 0.3) is 0 Å². The molecule has 3 aromatic rings. The molecule has 39 heavy (non-hydrogen) atoms. The highest BCUT2D eigenvalue weighted by atomic mass is 19.1. The molecule has 0 heterocycles. The van der Waals surface area contributed by atoms with Crippen molar-refractivity contribution in [3.63, 3.8) is 0 Å². The lowest BCUT2D eigenvalue weighted by Gasteiger charge is -2.29. The van der Waals surface area contributed by atoms with Gasteiger partial charge < -0.3 is 0 Å². The molecule has 0 aromatic heterocycles. The lowest BCUT2D eigenvalue weighted by Crippen LogP contribution is -2.13. The second kappa shape index (κ2) is 16.6. The average molecular weight is 527 g/mol. The standard InChI is InChI=1S/C38H51F/c1-2-3-4-7-10-31-14-22-35(23-15-31)37-26-18-33(19-27-37)12-13-34-20-28-38(29-21-34)36-24-16-32(17-25-36)11-8-5-6-9-30-39/h16-21,24-29,31,35H,2-15,22-23,30H2,1H3/t31-,35-. The van der Waals surface area contributed by atoms with Gasteiger partial charge in [-0.3, -0.25) is 4.39 Å². The van der Waals surface area contributed by atoms with Crippen LogP contribution in [0.2, 0.25) is 0 Å². The molecule has 1 aliphatic rings. The van der Waals surface area contributed by atoms with E-state index in [9.17, 15) is 4.39 Å². The molecule has 0 aliphatic heterocycles. The first-order chi connectivity index (χ1) is 19.2. The van der Waals surface area contributed by atoms with Gasteiger partial charge in [-0.25, -0.2) is 0 Å². The molecule has 0 nitrogen and oxygen atoms in total. The Morgan fingerprint density at radius 3 is 1.62 bits per heavy atom. The molecule has 1 heteroatoms. The molecule has 1 aliphatic carbocycles. The van der Waals surface area contributed by atoms with Crippen LogP contribution in [-0.2, 0) is 19.3 Å². The number of hydrogen-bond donors (Lipinski definition) is 0. The summed E-state index contributed by atoms with van der Waals surface area (Å²) in [6, 6.07) is 27.7. The lowest BCUT2D eigenvalue weighted by molar-refractivity contribution is 0.302. The van der Waals surface area contributed by atoms with Crippen LogP contribution in [0.4, 0.5) is 4.39 Å². The maximum atomic E-state index is 12.2. The van der Waals surface area contributed by atoms with E-state index in [1.807, 2.05) is 0 Å². The van der Waals surface area contributed by atoms with Crippen LogP contribution < -0.4 is 0 Å². The van der Waals surface area contributed by atoms with Gasteiger partial charge in [0.15, 0.2) is 0 Å². The topological polar surface area (TPSA) is 0 Å². The molecular weight excluding hydrogens is 475 g/mol. The average Bonchev–Trinajstić information content (AvgIpc) is 2.99. The molecule has 210 valence electrons. The van der Waals surface area contributed by atoms with E-state index in [4.69, 9.17) is 0 Å². The van der Waals surface area contributed by atoms with E-state index < -0.39 is 0 Å².